The van der Waals surface area contributed by atoms with Gasteiger partial charge in [-0.2, -0.15) is 0 Å². The highest BCUT2D eigenvalue weighted by Gasteiger charge is 2.25. The predicted octanol–water partition coefficient (Wildman–Crippen LogP) is 3.91. The summed E-state index contributed by atoms with van der Waals surface area (Å²) in [6.45, 7) is 3.11. The van der Waals surface area contributed by atoms with E-state index in [1.165, 1.54) is 6.92 Å². The molecule has 29 heavy (non-hydrogen) atoms. The summed E-state index contributed by atoms with van der Waals surface area (Å²) in [5, 5.41) is 0.788. The average Bonchev–Trinajstić information content (AvgIpc) is 2.94. The van der Waals surface area contributed by atoms with Gasteiger partial charge in [-0.3, -0.25) is 14.4 Å². The van der Waals surface area contributed by atoms with Crippen LogP contribution in [0.25, 0.3) is 0 Å². The van der Waals surface area contributed by atoms with Gasteiger partial charge < -0.3 is 14.5 Å². The van der Waals surface area contributed by atoms with E-state index in [0.717, 1.165) is 0 Å². The maximum atomic E-state index is 12.9. The zero-order chi connectivity index (χ0) is 21.0. The zero-order valence-corrected chi connectivity index (χ0v) is 17.4. The molecule has 6 nitrogen and oxygen atoms in total. The normalized spacial score (nSPS) is 14.3. The van der Waals surface area contributed by atoms with E-state index in [1.54, 1.807) is 52.3 Å². The number of halogens is 2. The zero-order valence-electron chi connectivity index (χ0n) is 15.9. The summed E-state index contributed by atoms with van der Waals surface area (Å²) in [6.07, 6.45) is 0.638. The Morgan fingerprint density at radius 1 is 0.897 bits per heavy atom. The summed E-state index contributed by atoms with van der Waals surface area (Å²) >= 11 is 12.1. The Balaban J connectivity index is 1.69. The third-order valence-electron chi connectivity index (χ3n) is 4.57. The monoisotopic (exact) mass is 434 g/mol. The fraction of sp³-hybridized carbons (Fsp3) is 0.286. The Kier molecular flexibility index (Phi) is 6.77. The Hall–Kier alpha value is -2.57. The number of amides is 2. The third-order valence-corrected chi connectivity index (χ3v) is 5.14. The summed E-state index contributed by atoms with van der Waals surface area (Å²) in [7, 11) is 0. The first kappa shape index (κ1) is 21.1. The van der Waals surface area contributed by atoms with Crippen LogP contribution >= 0.6 is 23.2 Å². The molecule has 0 saturated carbocycles. The van der Waals surface area contributed by atoms with Gasteiger partial charge in [-0.15, -0.1) is 0 Å². The van der Waals surface area contributed by atoms with E-state index in [9.17, 15) is 14.4 Å². The van der Waals surface area contributed by atoms with Gasteiger partial charge in [0, 0.05) is 43.7 Å². The van der Waals surface area contributed by atoms with E-state index in [4.69, 9.17) is 27.9 Å². The Morgan fingerprint density at radius 2 is 1.59 bits per heavy atom. The summed E-state index contributed by atoms with van der Waals surface area (Å²) in [6, 6.07) is 11.3. The second-order valence-corrected chi connectivity index (χ2v) is 7.53. The van der Waals surface area contributed by atoms with Crippen molar-refractivity contribution in [3.8, 4) is 5.75 Å². The van der Waals surface area contributed by atoms with Gasteiger partial charge in [-0.1, -0.05) is 29.3 Å². The summed E-state index contributed by atoms with van der Waals surface area (Å²) in [5.74, 6) is -0.499. The van der Waals surface area contributed by atoms with Crippen molar-refractivity contribution in [2.24, 2.45) is 0 Å². The SMILES string of the molecule is CC(=O)Oc1cccc(C(=O)N2CCCN(C(=O)c3cc(Cl)ccc3Cl)CC2)c1. The van der Waals surface area contributed by atoms with Crippen molar-refractivity contribution >= 4 is 41.0 Å². The molecule has 0 spiro atoms. The second-order valence-electron chi connectivity index (χ2n) is 6.68. The van der Waals surface area contributed by atoms with E-state index in [1.807, 2.05) is 0 Å². The van der Waals surface area contributed by atoms with E-state index in [2.05, 4.69) is 0 Å². The van der Waals surface area contributed by atoms with E-state index >= 15 is 0 Å². The molecule has 8 heteroatoms. The van der Waals surface area contributed by atoms with Gasteiger partial charge in [0.1, 0.15) is 5.75 Å². The first-order valence-corrected chi connectivity index (χ1v) is 9.93. The maximum absolute atomic E-state index is 12.9. The van der Waals surface area contributed by atoms with Crippen molar-refractivity contribution in [2.45, 2.75) is 13.3 Å². The van der Waals surface area contributed by atoms with Gasteiger partial charge in [0.2, 0.25) is 0 Å². The number of hydrogen-bond donors (Lipinski definition) is 0. The van der Waals surface area contributed by atoms with Crippen molar-refractivity contribution in [3.63, 3.8) is 0 Å². The van der Waals surface area contributed by atoms with E-state index in [0.29, 0.717) is 59.5 Å². The molecule has 0 unspecified atom stereocenters. The van der Waals surface area contributed by atoms with Crippen LogP contribution in [0.5, 0.6) is 5.75 Å². The number of ether oxygens (including phenoxy) is 1. The molecule has 3 rings (SSSR count). The van der Waals surface area contributed by atoms with Gasteiger partial charge in [-0.05, 0) is 42.8 Å². The maximum Gasteiger partial charge on any atom is 0.308 e. The van der Waals surface area contributed by atoms with Crippen molar-refractivity contribution < 1.29 is 19.1 Å². The molecule has 2 aromatic carbocycles. The molecule has 2 aromatic rings. The lowest BCUT2D eigenvalue weighted by atomic mass is 10.2. The van der Waals surface area contributed by atoms with Gasteiger partial charge in [-0.25, -0.2) is 0 Å². The molecular weight excluding hydrogens is 415 g/mol. The van der Waals surface area contributed by atoms with Crippen LogP contribution in [0, 0.1) is 0 Å². The molecule has 1 fully saturated rings. The van der Waals surface area contributed by atoms with Crippen LogP contribution in [0.4, 0.5) is 0 Å². The van der Waals surface area contributed by atoms with Crippen molar-refractivity contribution in [1.82, 2.24) is 9.80 Å². The van der Waals surface area contributed by atoms with Gasteiger partial charge in [0.25, 0.3) is 11.8 Å². The lowest BCUT2D eigenvalue weighted by Gasteiger charge is -2.23. The molecule has 152 valence electrons. The fourth-order valence-electron chi connectivity index (χ4n) is 3.20. The molecule has 1 heterocycles. The fourth-order valence-corrected chi connectivity index (χ4v) is 3.57. The molecule has 0 radical (unpaired) electrons. The molecule has 0 aromatic heterocycles. The minimum Gasteiger partial charge on any atom is -0.427 e. The highest BCUT2D eigenvalue weighted by Crippen LogP contribution is 2.23. The molecular formula is C21H20Cl2N2O4. The van der Waals surface area contributed by atoms with Crippen LogP contribution in [0.1, 0.15) is 34.1 Å². The number of esters is 1. The number of carbonyl (C=O) groups excluding carboxylic acids is 3. The molecule has 0 N–H and O–H groups in total. The first-order valence-electron chi connectivity index (χ1n) is 9.17. The highest BCUT2D eigenvalue weighted by atomic mass is 35.5. The minimum atomic E-state index is -0.446. The average molecular weight is 435 g/mol. The highest BCUT2D eigenvalue weighted by molar-refractivity contribution is 6.35. The third kappa shape index (κ3) is 5.28. The smallest absolute Gasteiger partial charge is 0.308 e. The lowest BCUT2D eigenvalue weighted by molar-refractivity contribution is -0.131. The summed E-state index contributed by atoms with van der Waals surface area (Å²) in [5.41, 5.74) is 0.787. The Bertz CT molecular complexity index is 948. The summed E-state index contributed by atoms with van der Waals surface area (Å²) in [4.78, 5) is 40.2. The van der Waals surface area contributed by atoms with Crippen LogP contribution in [-0.2, 0) is 4.79 Å². The number of nitrogens with zero attached hydrogens (tertiary/aromatic N) is 2. The predicted molar refractivity (Wildman–Crippen MR) is 111 cm³/mol. The lowest BCUT2D eigenvalue weighted by Crippen LogP contribution is -2.37. The van der Waals surface area contributed by atoms with Crippen LogP contribution < -0.4 is 4.74 Å². The quantitative estimate of drug-likeness (QED) is 0.542. The molecule has 2 amide bonds. The molecule has 0 bridgehead atoms. The number of benzene rings is 2. The van der Waals surface area contributed by atoms with Crippen molar-refractivity contribution in [1.29, 1.82) is 0 Å². The standard InChI is InChI=1S/C21H20Cl2N2O4/c1-14(26)29-17-5-2-4-15(12-17)20(27)24-8-3-9-25(11-10-24)21(28)18-13-16(22)6-7-19(18)23/h2,4-7,12-13H,3,8-11H2,1H3. The minimum absolute atomic E-state index is 0.172. The van der Waals surface area contributed by atoms with Crippen molar-refractivity contribution in [3.05, 3.63) is 63.6 Å². The Morgan fingerprint density at radius 3 is 2.28 bits per heavy atom. The van der Waals surface area contributed by atoms with Crippen LogP contribution in [0.15, 0.2) is 42.5 Å². The van der Waals surface area contributed by atoms with Crippen LogP contribution in [0.2, 0.25) is 10.0 Å². The molecule has 0 aliphatic carbocycles. The number of carbonyl (C=O) groups is 3. The number of rotatable bonds is 3. The summed E-state index contributed by atoms with van der Waals surface area (Å²) < 4.78 is 5.05. The topological polar surface area (TPSA) is 66.9 Å². The second kappa shape index (κ2) is 9.29. The van der Waals surface area contributed by atoms with Gasteiger partial charge >= 0.3 is 5.97 Å². The van der Waals surface area contributed by atoms with Gasteiger partial charge in [0.15, 0.2) is 0 Å². The van der Waals surface area contributed by atoms with E-state index < -0.39 is 5.97 Å². The van der Waals surface area contributed by atoms with Crippen molar-refractivity contribution in [2.75, 3.05) is 26.2 Å². The Labute approximate surface area is 178 Å². The largest absolute Gasteiger partial charge is 0.427 e. The molecule has 1 aliphatic heterocycles. The molecule has 1 saturated heterocycles. The molecule has 0 atom stereocenters. The molecule has 1 aliphatic rings. The van der Waals surface area contributed by atoms with Crippen LogP contribution in [-0.4, -0.2) is 53.8 Å². The van der Waals surface area contributed by atoms with E-state index in [-0.39, 0.29) is 11.8 Å². The van der Waals surface area contributed by atoms with Crippen LogP contribution in [0.3, 0.4) is 0 Å². The van der Waals surface area contributed by atoms with Gasteiger partial charge in [0.05, 0.1) is 10.6 Å². The first-order chi connectivity index (χ1) is 13.8. The number of hydrogen-bond acceptors (Lipinski definition) is 4.